The number of carbonyl (C=O) groups excluding carboxylic acids is 1. The van der Waals surface area contributed by atoms with E-state index >= 15 is 0 Å². The van der Waals surface area contributed by atoms with Crippen LogP contribution in [0.15, 0.2) is 22.8 Å². The lowest BCUT2D eigenvalue weighted by Crippen LogP contribution is -2.38. The summed E-state index contributed by atoms with van der Waals surface area (Å²) in [7, 11) is 0. The summed E-state index contributed by atoms with van der Waals surface area (Å²) < 4.78 is 0.712. The number of pyridine rings is 1. The monoisotopic (exact) mass is 282 g/mol. The summed E-state index contributed by atoms with van der Waals surface area (Å²) in [4.78, 5) is 18.2. The molecule has 0 spiro atoms. The average Bonchev–Trinajstić information content (AvgIpc) is 2.29. The lowest BCUT2D eigenvalue weighted by molar-refractivity contribution is 0.0691. The average molecular weight is 283 g/mol. The molecule has 2 heterocycles. The fourth-order valence-corrected chi connectivity index (χ4v) is 2.24. The summed E-state index contributed by atoms with van der Waals surface area (Å²) in [6.07, 6.45) is 2.19. The molecule has 0 N–H and O–H groups in total. The van der Waals surface area contributed by atoms with E-state index in [2.05, 4.69) is 27.8 Å². The van der Waals surface area contributed by atoms with Gasteiger partial charge in [0.2, 0.25) is 0 Å². The van der Waals surface area contributed by atoms with Crippen LogP contribution in [0, 0.1) is 5.92 Å². The van der Waals surface area contributed by atoms with Crippen LogP contribution in [0.3, 0.4) is 0 Å². The van der Waals surface area contributed by atoms with Crippen molar-refractivity contribution in [1.29, 1.82) is 0 Å². The molecule has 3 nitrogen and oxygen atoms in total. The van der Waals surface area contributed by atoms with Crippen molar-refractivity contribution >= 4 is 21.8 Å². The second-order valence-electron chi connectivity index (χ2n) is 4.32. The molecule has 0 unspecified atom stereocenters. The zero-order valence-corrected chi connectivity index (χ0v) is 10.9. The zero-order chi connectivity index (χ0) is 11.5. The number of likely N-dealkylation sites (tertiary alicyclic amines) is 1. The Bertz CT molecular complexity index is 386. The number of amides is 1. The van der Waals surface area contributed by atoms with Crippen molar-refractivity contribution in [1.82, 2.24) is 9.88 Å². The van der Waals surface area contributed by atoms with E-state index in [9.17, 15) is 4.79 Å². The Balaban J connectivity index is 2.08. The maximum atomic E-state index is 12.1. The third-order valence-electron chi connectivity index (χ3n) is 3.01. The van der Waals surface area contributed by atoms with Crippen molar-refractivity contribution in [2.75, 3.05) is 13.1 Å². The van der Waals surface area contributed by atoms with E-state index in [1.54, 1.807) is 6.07 Å². The Labute approximate surface area is 104 Å². The lowest BCUT2D eigenvalue weighted by Gasteiger charge is -2.30. The molecule has 1 aromatic rings. The van der Waals surface area contributed by atoms with Crippen molar-refractivity contribution in [3.63, 3.8) is 0 Å². The predicted octanol–water partition coefficient (Wildman–Crippen LogP) is 2.72. The number of nitrogens with zero attached hydrogens (tertiary/aromatic N) is 2. The number of halogens is 1. The zero-order valence-electron chi connectivity index (χ0n) is 9.32. The van der Waals surface area contributed by atoms with Crippen LogP contribution in [-0.4, -0.2) is 28.9 Å². The van der Waals surface area contributed by atoms with Gasteiger partial charge in [0.05, 0.1) is 0 Å². The molecule has 16 heavy (non-hydrogen) atoms. The van der Waals surface area contributed by atoms with Gasteiger partial charge in [-0.15, -0.1) is 0 Å². The molecule has 0 aliphatic carbocycles. The number of rotatable bonds is 1. The van der Waals surface area contributed by atoms with Crippen LogP contribution in [0.25, 0.3) is 0 Å². The fourth-order valence-electron chi connectivity index (χ4n) is 1.90. The van der Waals surface area contributed by atoms with Crippen molar-refractivity contribution in [2.45, 2.75) is 19.8 Å². The summed E-state index contributed by atoms with van der Waals surface area (Å²) in [6, 6.07) is 5.44. The van der Waals surface area contributed by atoms with Crippen molar-refractivity contribution in [2.24, 2.45) is 5.92 Å². The minimum atomic E-state index is 0.0493. The van der Waals surface area contributed by atoms with E-state index in [0.29, 0.717) is 10.3 Å². The van der Waals surface area contributed by atoms with E-state index in [1.165, 1.54) is 0 Å². The Morgan fingerprint density at radius 3 is 2.75 bits per heavy atom. The molecule has 1 aromatic heterocycles. The molecular weight excluding hydrogens is 268 g/mol. The Kier molecular flexibility index (Phi) is 3.59. The van der Waals surface area contributed by atoms with Crippen molar-refractivity contribution < 1.29 is 4.79 Å². The molecule has 1 fully saturated rings. The second kappa shape index (κ2) is 4.95. The van der Waals surface area contributed by atoms with Gasteiger partial charge in [0.25, 0.3) is 5.91 Å². The van der Waals surface area contributed by atoms with Crippen molar-refractivity contribution in [3.8, 4) is 0 Å². The van der Waals surface area contributed by atoms with Gasteiger partial charge in [-0.05, 0) is 46.8 Å². The minimum Gasteiger partial charge on any atom is -0.337 e. The topological polar surface area (TPSA) is 33.2 Å². The highest BCUT2D eigenvalue weighted by Gasteiger charge is 2.22. The first-order chi connectivity index (χ1) is 7.66. The summed E-state index contributed by atoms with van der Waals surface area (Å²) >= 11 is 3.28. The standard InChI is InChI=1S/C12H15BrN2O/c1-9-5-7-15(8-6-9)12(16)10-3-2-4-11(13)14-10/h2-4,9H,5-8H2,1H3. The van der Waals surface area contributed by atoms with Gasteiger partial charge in [-0.3, -0.25) is 4.79 Å². The molecule has 2 rings (SSSR count). The molecule has 1 saturated heterocycles. The number of piperidine rings is 1. The molecule has 1 aliphatic heterocycles. The highest BCUT2D eigenvalue weighted by molar-refractivity contribution is 9.10. The van der Waals surface area contributed by atoms with Gasteiger partial charge < -0.3 is 4.90 Å². The maximum absolute atomic E-state index is 12.1. The van der Waals surface area contributed by atoms with Crippen LogP contribution in [0.4, 0.5) is 0 Å². The van der Waals surface area contributed by atoms with Gasteiger partial charge >= 0.3 is 0 Å². The van der Waals surface area contributed by atoms with Gasteiger partial charge in [-0.2, -0.15) is 0 Å². The Hall–Kier alpha value is -0.900. The molecule has 1 aliphatic rings. The first kappa shape index (κ1) is 11.6. The molecule has 0 atom stereocenters. The second-order valence-corrected chi connectivity index (χ2v) is 5.13. The summed E-state index contributed by atoms with van der Waals surface area (Å²) in [6.45, 7) is 3.95. The first-order valence-electron chi connectivity index (χ1n) is 5.58. The van der Waals surface area contributed by atoms with Gasteiger partial charge in [-0.1, -0.05) is 13.0 Å². The summed E-state index contributed by atoms with van der Waals surface area (Å²) in [5.41, 5.74) is 0.531. The lowest BCUT2D eigenvalue weighted by atomic mass is 9.99. The van der Waals surface area contributed by atoms with Crippen molar-refractivity contribution in [3.05, 3.63) is 28.5 Å². The SMILES string of the molecule is CC1CCN(C(=O)c2cccc(Br)n2)CC1. The van der Waals surface area contributed by atoms with Crippen LogP contribution >= 0.6 is 15.9 Å². The molecule has 4 heteroatoms. The molecule has 86 valence electrons. The summed E-state index contributed by atoms with van der Waals surface area (Å²) in [5, 5.41) is 0. The highest BCUT2D eigenvalue weighted by Crippen LogP contribution is 2.18. The first-order valence-corrected chi connectivity index (χ1v) is 6.38. The highest BCUT2D eigenvalue weighted by atomic mass is 79.9. The molecule has 0 aromatic carbocycles. The molecule has 0 radical (unpaired) electrons. The number of aromatic nitrogens is 1. The van der Waals surface area contributed by atoms with E-state index in [0.717, 1.165) is 31.8 Å². The summed E-state index contributed by atoms with van der Waals surface area (Å²) in [5.74, 6) is 0.785. The molecular formula is C12H15BrN2O. The van der Waals surface area contributed by atoms with E-state index < -0.39 is 0 Å². The van der Waals surface area contributed by atoms with Crippen LogP contribution in [0.5, 0.6) is 0 Å². The molecule has 1 amide bonds. The third kappa shape index (κ3) is 2.61. The van der Waals surface area contributed by atoms with E-state index in [4.69, 9.17) is 0 Å². The molecule has 0 saturated carbocycles. The smallest absolute Gasteiger partial charge is 0.272 e. The predicted molar refractivity (Wildman–Crippen MR) is 66.2 cm³/mol. The Morgan fingerprint density at radius 1 is 1.44 bits per heavy atom. The quantitative estimate of drug-likeness (QED) is 0.742. The van der Waals surface area contributed by atoms with Crippen LogP contribution in [-0.2, 0) is 0 Å². The fraction of sp³-hybridized carbons (Fsp3) is 0.500. The van der Waals surface area contributed by atoms with Crippen LogP contribution in [0.1, 0.15) is 30.3 Å². The van der Waals surface area contributed by atoms with E-state index in [1.807, 2.05) is 17.0 Å². The van der Waals surface area contributed by atoms with Gasteiger partial charge in [0.15, 0.2) is 0 Å². The van der Waals surface area contributed by atoms with Gasteiger partial charge in [0.1, 0.15) is 10.3 Å². The van der Waals surface area contributed by atoms with Crippen LogP contribution < -0.4 is 0 Å². The Morgan fingerprint density at radius 2 is 2.12 bits per heavy atom. The largest absolute Gasteiger partial charge is 0.337 e. The number of hydrogen-bond donors (Lipinski definition) is 0. The number of hydrogen-bond acceptors (Lipinski definition) is 2. The molecule has 0 bridgehead atoms. The number of carbonyl (C=O) groups is 1. The van der Waals surface area contributed by atoms with Gasteiger partial charge in [-0.25, -0.2) is 4.98 Å². The van der Waals surface area contributed by atoms with Crippen LogP contribution in [0.2, 0.25) is 0 Å². The minimum absolute atomic E-state index is 0.0493. The van der Waals surface area contributed by atoms with Gasteiger partial charge in [0, 0.05) is 13.1 Å². The van der Waals surface area contributed by atoms with E-state index in [-0.39, 0.29) is 5.91 Å². The normalized spacial score (nSPS) is 17.5. The maximum Gasteiger partial charge on any atom is 0.272 e. The third-order valence-corrected chi connectivity index (χ3v) is 3.45.